The van der Waals surface area contributed by atoms with Crippen LogP contribution in [0.15, 0.2) is 164 Å². The first-order valence-corrected chi connectivity index (χ1v) is 20.5. The normalized spacial score (nSPS) is 11.3. The first-order chi connectivity index (χ1) is 31.4. The first-order valence-electron chi connectivity index (χ1n) is 20.5. The van der Waals surface area contributed by atoms with Crippen molar-refractivity contribution < 1.29 is 4.74 Å². The maximum absolute atomic E-state index is 5.69. The molecule has 8 N–H and O–H groups in total. The lowest BCUT2D eigenvalue weighted by molar-refractivity contribution is 0.415. The van der Waals surface area contributed by atoms with Crippen molar-refractivity contribution in [3.05, 3.63) is 164 Å². The second-order valence-corrected chi connectivity index (χ2v) is 15.3. The average Bonchev–Trinajstić information content (AvgIpc) is 4.16. The summed E-state index contributed by atoms with van der Waals surface area (Å²) in [6.45, 7) is 0. The molecule has 0 aliphatic heterocycles. The fourth-order valence-corrected chi connectivity index (χ4v) is 7.74. The minimum absolute atomic E-state index is 0.483. The summed E-state index contributed by atoms with van der Waals surface area (Å²) in [6, 6.07) is 50.4. The fraction of sp³-hybridized carbons (Fsp3) is 0.0196. The predicted molar refractivity (Wildman–Crippen MR) is 255 cm³/mol. The number of nitrogens with one attached hydrogen (secondary N) is 4. The van der Waals surface area contributed by atoms with Gasteiger partial charge in [0.05, 0.1) is 51.2 Å². The summed E-state index contributed by atoms with van der Waals surface area (Å²) in [5.74, 6) is 5.04. The molecule has 0 saturated carbocycles. The Morgan fingerprint density at radius 1 is 0.359 bits per heavy atom. The Balaban J connectivity index is 0.000000143. The SMILES string of the molecule is COc1ccc(-c2nc3ccc(-c4ccc5nc(-c6ccccc6)[nH]c5c4)cc3[nH]2)cc1.Nc1ccc(-c2nc3ccc(-c4ccc5nc(-c6ccc(N)nc6)[nH]c5c4)cc3[nH]2)cn1. The van der Waals surface area contributed by atoms with E-state index in [9.17, 15) is 0 Å². The molecular formula is C51H38N12O. The van der Waals surface area contributed by atoms with Gasteiger partial charge in [-0.1, -0.05) is 54.6 Å². The molecule has 0 atom stereocenters. The summed E-state index contributed by atoms with van der Waals surface area (Å²) in [7, 11) is 1.67. The van der Waals surface area contributed by atoms with Crippen molar-refractivity contribution in [1.82, 2.24) is 49.8 Å². The van der Waals surface area contributed by atoms with E-state index in [1.807, 2.05) is 66.7 Å². The summed E-state index contributed by atoms with van der Waals surface area (Å²) in [5, 5.41) is 0. The lowest BCUT2D eigenvalue weighted by Crippen LogP contribution is -1.89. The van der Waals surface area contributed by atoms with Gasteiger partial charge in [-0.3, -0.25) is 0 Å². The molecule has 308 valence electrons. The smallest absolute Gasteiger partial charge is 0.140 e. The number of nitrogens with zero attached hydrogens (tertiary/aromatic N) is 6. The molecule has 6 aromatic heterocycles. The van der Waals surface area contributed by atoms with Gasteiger partial charge in [0.2, 0.25) is 0 Å². The van der Waals surface area contributed by atoms with E-state index >= 15 is 0 Å². The van der Waals surface area contributed by atoms with Crippen molar-refractivity contribution in [3.8, 4) is 73.6 Å². The Kier molecular flexibility index (Phi) is 9.31. The van der Waals surface area contributed by atoms with Crippen molar-refractivity contribution in [2.45, 2.75) is 0 Å². The molecular weight excluding hydrogens is 797 g/mol. The number of anilines is 2. The molecule has 0 saturated heterocycles. The van der Waals surface area contributed by atoms with E-state index in [-0.39, 0.29) is 0 Å². The Bertz CT molecular complexity index is 3490. The van der Waals surface area contributed by atoms with E-state index in [2.05, 4.69) is 113 Å². The lowest BCUT2D eigenvalue weighted by Gasteiger charge is -2.02. The Labute approximate surface area is 365 Å². The van der Waals surface area contributed by atoms with Gasteiger partial charge in [-0.25, -0.2) is 29.9 Å². The minimum Gasteiger partial charge on any atom is -0.497 e. The van der Waals surface area contributed by atoms with Gasteiger partial charge in [-0.2, -0.15) is 0 Å². The van der Waals surface area contributed by atoms with Crippen LogP contribution < -0.4 is 16.2 Å². The van der Waals surface area contributed by atoms with Crippen LogP contribution in [0.25, 0.3) is 112 Å². The molecule has 12 aromatic rings. The number of H-pyrrole nitrogens is 4. The highest BCUT2D eigenvalue weighted by Crippen LogP contribution is 2.32. The van der Waals surface area contributed by atoms with E-state index in [0.717, 1.165) is 118 Å². The van der Waals surface area contributed by atoms with Crippen LogP contribution in [0.1, 0.15) is 0 Å². The van der Waals surface area contributed by atoms with Gasteiger partial charge < -0.3 is 36.1 Å². The van der Waals surface area contributed by atoms with E-state index < -0.39 is 0 Å². The number of aromatic nitrogens is 10. The number of aromatic amines is 4. The molecule has 0 fully saturated rings. The largest absolute Gasteiger partial charge is 0.497 e. The number of pyridine rings is 2. The van der Waals surface area contributed by atoms with Crippen LogP contribution in [-0.2, 0) is 0 Å². The standard InChI is InChI=1S/C27H20N4O.C24H18N8/c1-32-21-11-7-18(8-12-21)27-29-23-14-10-20(16-25(23)31-27)19-9-13-22-24(15-19)30-26(28-22)17-5-3-2-4-6-17;25-21-7-3-15(11-27-21)23-29-17-5-1-13(9-19(17)31-23)14-2-6-18-20(10-14)32-24(30-18)16-4-8-22(26)28-12-16/h2-16H,1H3,(H,28,30)(H,29,31);1-12H,(H2,25,27)(H2,26,28)(H,29,31)(H,30,32). The van der Waals surface area contributed by atoms with Crippen LogP contribution >= 0.6 is 0 Å². The zero-order valence-corrected chi connectivity index (χ0v) is 34.3. The van der Waals surface area contributed by atoms with Crippen LogP contribution in [0, 0.1) is 0 Å². The van der Waals surface area contributed by atoms with Crippen LogP contribution in [-0.4, -0.2) is 56.9 Å². The molecule has 6 aromatic carbocycles. The van der Waals surface area contributed by atoms with Crippen molar-refractivity contribution in [2.24, 2.45) is 0 Å². The molecule has 0 radical (unpaired) electrons. The van der Waals surface area contributed by atoms with Gasteiger partial charge >= 0.3 is 0 Å². The van der Waals surface area contributed by atoms with E-state index in [1.54, 1.807) is 31.6 Å². The number of hydrogen-bond donors (Lipinski definition) is 6. The van der Waals surface area contributed by atoms with Gasteiger partial charge in [-0.05, 0) is 119 Å². The van der Waals surface area contributed by atoms with Crippen LogP contribution in [0.2, 0.25) is 0 Å². The Morgan fingerprint density at radius 3 is 1.03 bits per heavy atom. The molecule has 13 nitrogen and oxygen atoms in total. The summed E-state index contributed by atoms with van der Waals surface area (Å²) >= 11 is 0. The molecule has 0 unspecified atom stereocenters. The monoisotopic (exact) mass is 834 g/mol. The number of nitrogen functional groups attached to an aromatic ring is 2. The highest BCUT2D eigenvalue weighted by atomic mass is 16.5. The van der Waals surface area contributed by atoms with Crippen molar-refractivity contribution >= 4 is 55.8 Å². The van der Waals surface area contributed by atoms with Crippen LogP contribution in [0.3, 0.4) is 0 Å². The Morgan fingerprint density at radius 2 is 0.688 bits per heavy atom. The molecule has 64 heavy (non-hydrogen) atoms. The first kappa shape index (κ1) is 37.9. The van der Waals surface area contributed by atoms with Crippen LogP contribution in [0.4, 0.5) is 11.6 Å². The molecule has 0 spiro atoms. The number of imidazole rings is 4. The third-order valence-corrected chi connectivity index (χ3v) is 11.1. The third kappa shape index (κ3) is 7.39. The Hall–Kier alpha value is -9.10. The summed E-state index contributed by atoms with van der Waals surface area (Å²) in [4.78, 5) is 40.8. The molecule has 12 rings (SSSR count). The highest BCUT2D eigenvalue weighted by molar-refractivity contribution is 5.90. The average molecular weight is 835 g/mol. The van der Waals surface area contributed by atoms with Gasteiger partial charge in [0, 0.05) is 34.6 Å². The van der Waals surface area contributed by atoms with Crippen molar-refractivity contribution in [2.75, 3.05) is 18.6 Å². The van der Waals surface area contributed by atoms with Crippen LogP contribution in [0.5, 0.6) is 5.75 Å². The van der Waals surface area contributed by atoms with E-state index in [4.69, 9.17) is 26.2 Å². The maximum Gasteiger partial charge on any atom is 0.140 e. The maximum atomic E-state index is 5.69. The van der Waals surface area contributed by atoms with Gasteiger partial charge in [0.1, 0.15) is 40.7 Å². The summed E-state index contributed by atoms with van der Waals surface area (Å²) in [5.41, 5.74) is 27.3. The van der Waals surface area contributed by atoms with Crippen molar-refractivity contribution in [3.63, 3.8) is 0 Å². The fourth-order valence-electron chi connectivity index (χ4n) is 7.74. The zero-order valence-electron chi connectivity index (χ0n) is 34.3. The number of fused-ring (bicyclic) bond motifs is 4. The predicted octanol–water partition coefficient (Wildman–Crippen LogP) is 10.8. The number of nitrogens with two attached hydrogens (primary N) is 2. The van der Waals surface area contributed by atoms with Crippen molar-refractivity contribution in [1.29, 1.82) is 0 Å². The van der Waals surface area contributed by atoms with Gasteiger partial charge in [0.15, 0.2) is 0 Å². The minimum atomic E-state index is 0.483. The number of benzene rings is 6. The lowest BCUT2D eigenvalue weighted by atomic mass is 10.0. The number of methoxy groups -OCH3 is 1. The summed E-state index contributed by atoms with van der Waals surface area (Å²) < 4.78 is 5.25. The molecule has 0 bridgehead atoms. The highest BCUT2D eigenvalue weighted by Gasteiger charge is 2.13. The number of rotatable bonds is 7. The van der Waals surface area contributed by atoms with E-state index in [0.29, 0.717) is 11.6 Å². The molecule has 13 heteroatoms. The second-order valence-electron chi connectivity index (χ2n) is 15.3. The molecule has 6 heterocycles. The molecule has 0 aliphatic carbocycles. The number of hydrogen-bond acceptors (Lipinski definition) is 9. The number of ether oxygens (including phenoxy) is 1. The van der Waals surface area contributed by atoms with E-state index in [1.165, 1.54) is 0 Å². The second kappa shape index (κ2) is 15.7. The molecule has 0 amide bonds. The van der Waals surface area contributed by atoms with Gasteiger partial charge in [0.25, 0.3) is 0 Å². The zero-order chi connectivity index (χ0) is 43.1. The van der Waals surface area contributed by atoms with Gasteiger partial charge in [-0.15, -0.1) is 0 Å². The quantitative estimate of drug-likeness (QED) is 0.0903. The summed E-state index contributed by atoms with van der Waals surface area (Å²) in [6.07, 6.45) is 3.43. The topological polar surface area (TPSA) is 202 Å². The molecule has 0 aliphatic rings. The third-order valence-electron chi connectivity index (χ3n) is 11.1.